The number of amides is 4. The third kappa shape index (κ3) is 17.1. The van der Waals surface area contributed by atoms with Gasteiger partial charge >= 0.3 is 24.2 Å². The number of carbonyl (C=O) groups is 5. The molecule has 3 rings (SSSR count). The SMILES string of the molecule is CC(C)(C)OC(=O)N[C@H](CCCNC(=O)OCc1ccccc1)C(=O)N[C@@H](CCCNC(=O)OCc1ccccc1)C(=O)OCc1ccccc1. The molecule has 0 spiro atoms. The topological polar surface area (TPSA) is 170 Å². The first-order chi connectivity index (χ1) is 24.5. The highest BCUT2D eigenvalue weighted by Gasteiger charge is 2.29. The van der Waals surface area contributed by atoms with Crippen LogP contribution in [0.1, 0.15) is 63.1 Å². The first-order valence-corrected chi connectivity index (χ1v) is 16.9. The zero-order valence-corrected chi connectivity index (χ0v) is 29.4. The Morgan fingerprint density at radius 3 is 1.39 bits per heavy atom. The Labute approximate surface area is 298 Å². The van der Waals surface area contributed by atoms with E-state index in [-0.39, 0.29) is 52.2 Å². The fourth-order valence-electron chi connectivity index (χ4n) is 4.61. The van der Waals surface area contributed by atoms with Crippen molar-refractivity contribution < 1.29 is 42.9 Å². The molecule has 274 valence electrons. The summed E-state index contributed by atoms with van der Waals surface area (Å²) in [4.78, 5) is 63.9. The molecule has 0 radical (unpaired) electrons. The molecule has 0 aliphatic heterocycles. The van der Waals surface area contributed by atoms with Gasteiger partial charge in [-0.05, 0) is 63.1 Å². The van der Waals surface area contributed by atoms with E-state index in [2.05, 4.69) is 21.3 Å². The Kier molecular flexibility index (Phi) is 16.8. The lowest BCUT2D eigenvalue weighted by Crippen LogP contribution is -2.52. The van der Waals surface area contributed by atoms with Crippen molar-refractivity contribution in [3.63, 3.8) is 0 Å². The van der Waals surface area contributed by atoms with Gasteiger partial charge in [-0.3, -0.25) is 4.79 Å². The van der Waals surface area contributed by atoms with Crippen LogP contribution in [0.2, 0.25) is 0 Å². The van der Waals surface area contributed by atoms with Gasteiger partial charge in [-0.15, -0.1) is 0 Å². The molecule has 0 heterocycles. The van der Waals surface area contributed by atoms with E-state index in [1.807, 2.05) is 78.9 Å². The fraction of sp³-hybridized carbons (Fsp3) is 0.395. The van der Waals surface area contributed by atoms with Crippen LogP contribution in [0.5, 0.6) is 0 Å². The highest BCUT2D eigenvalue weighted by Crippen LogP contribution is 2.10. The van der Waals surface area contributed by atoms with E-state index in [1.54, 1.807) is 32.9 Å². The first-order valence-electron chi connectivity index (χ1n) is 16.9. The molecule has 3 aromatic carbocycles. The minimum Gasteiger partial charge on any atom is -0.459 e. The maximum atomic E-state index is 13.6. The predicted molar refractivity (Wildman–Crippen MR) is 189 cm³/mol. The van der Waals surface area contributed by atoms with E-state index in [0.717, 1.165) is 16.7 Å². The van der Waals surface area contributed by atoms with Gasteiger partial charge in [0.05, 0.1) is 0 Å². The van der Waals surface area contributed by atoms with Crippen molar-refractivity contribution in [2.75, 3.05) is 13.1 Å². The number of rotatable bonds is 18. The van der Waals surface area contributed by atoms with Crippen molar-refractivity contribution in [3.8, 4) is 0 Å². The normalized spacial score (nSPS) is 12.0. The maximum Gasteiger partial charge on any atom is 0.408 e. The molecule has 0 unspecified atom stereocenters. The number of hydrogen-bond donors (Lipinski definition) is 4. The molecule has 0 saturated carbocycles. The van der Waals surface area contributed by atoms with Crippen molar-refractivity contribution in [2.45, 2.75) is 84.0 Å². The summed E-state index contributed by atoms with van der Waals surface area (Å²) in [5, 5.41) is 10.6. The van der Waals surface area contributed by atoms with Crippen LogP contribution >= 0.6 is 0 Å². The second-order valence-electron chi connectivity index (χ2n) is 12.6. The van der Waals surface area contributed by atoms with Crippen LogP contribution in [0.15, 0.2) is 91.0 Å². The maximum absolute atomic E-state index is 13.6. The van der Waals surface area contributed by atoms with Crippen LogP contribution in [-0.4, -0.2) is 60.9 Å². The lowest BCUT2D eigenvalue weighted by molar-refractivity contribution is -0.149. The van der Waals surface area contributed by atoms with E-state index in [0.29, 0.717) is 6.42 Å². The summed E-state index contributed by atoms with van der Waals surface area (Å²) < 4.78 is 21.3. The minimum atomic E-state index is -1.11. The van der Waals surface area contributed by atoms with Crippen molar-refractivity contribution in [1.29, 1.82) is 0 Å². The molecular weight excluding hydrogens is 656 g/mol. The van der Waals surface area contributed by atoms with E-state index < -0.39 is 47.8 Å². The molecule has 0 aliphatic carbocycles. The average molecular weight is 705 g/mol. The Bertz CT molecular complexity index is 1520. The third-order valence-electron chi connectivity index (χ3n) is 7.14. The molecule has 0 saturated heterocycles. The van der Waals surface area contributed by atoms with Crippen LogP contribution in [0.3, 0.4) is 0 Å². The molecule has 4 amide bonds. The summed E-state index contributed by atoms with van der Waals surface area (Å²) in [5.41, 5.74) is 1.61. The van der Waals surface area contributed by atoms with Crippen LogP contribution in [-0.2, 0) is 48.4 Å². The number of benzene rings is 3. The Morgan fingerprint density at radius 2 is 0.961 bits per heavy atom. The first kappa shape index (κ1) is 39.8. The van der Waals surface area contributed by atoms with Crippen LogP contribution < -0.4 is 21.3 Å². The summed E-state index contributed by atoms with van der Waals surface area (Å²) in [5.74, 6) is -1.33. The molecule has 4 N–H and O–H groups in total. The van der Waals surface area contributed by atoms with Gasteiger partial charge in [-0.25, -0.2) is 19.2 Å². The van der Waals surface area contributed by atoms with Gasteiger partial charge in [-0.2, -0.15) is 0 Å². The van der Waals surface area contributed by atoms with Crippen molar-refractivity contribution in [3.05, 3.63) is 108 Å². The molecule has 0 fully saturated rings. The van der Waals surface area contributed by atoms with Gasteiger partial charge in [-0.1, -0.05) is 91.0 Å². The Balaban J connectivity index is 1.58. The minimum absolute atomic E-state index is 0.0122. The zero-order valence-electron chi connectivity index (χ0n) is 29.4. The van der Waals surface area contributed by atoms with Crippen molar-refractivity contribution in [2.24, 2.45) is 0 Å². The summed E-state index contributed by atoms with van der Waals surface area (Å²) in [6.45, 7) is 5.59. The quantitative estimate of drug-likeness (QED) is 0.0756. The fourth-order valence-corrected chi connectivity index (χ4v) is 4.61. The van der Waals surface area contributed by atoms with Crippen molar-refractivity contribution in [1.82, 2.24) is 21.3 Å². The summed E-state index contributed by atoms with van der Waals surface area (Å²) in [6.07, 6.45) is -1.27. The molecule has 0 aromatic heterocycles. The standard InChI is InChI=1S/C38H48N4O9/c1-38(2,3)51-37(47)42-31(21-13-23-39-35(45)49-26-29-17-9-5-10-18-29)33(43)41-32(34(44)48-25-28-15-7-4-8-16-28)22-14-24-40-36(46)50-27-30-19-11-6-12-20-30/h4-12,15-20,31-32H,13-14,21-27H2,1-3H3,(H,39,45)(H,40,46)(H,41,43)(H,42,47)/t31-,32+/m1/s1. The second kappa shape index (κ2) is 21.5. The number of carbonyl (C=O) groups excluding carboxylic acids is 5. The summed E-state index contributed by atoms with van der Waals surface area (Å²) >= 11 is 0. The van der Waals surface area contributed by atoms with Gasteiger partial charge in [0, 0.05) is 13.1 Å². The number of hydrogen-bond acceptors (Lipinski definition) is 9. The molecule has 0 aliphatic rings. The second-order valence-corrected chi connectivity index (χ2v) is 12.6. The van der Waals surface area contributed by atoms with Crippen LogP contribution in [0, 0.1) is 0 Å². The van der Waals surface area contributed by atoms with Gasteiger partial charge in [0.15, 0.2) is 0 Å². The van der Waals surface area contributed by atoms with Gasteiger partial charge < -0.3 is 40.2 Å². The molecule has 0 bridgehead atoms. The highest BCUT2D eigenvalue weighted by atomic mass is 16.6. The number of ether oxygens (including phenoxy) is 4. The Morgan fingerprint density at radius 1 is 0.549 bits per heavy atom. The van der Waals surface area contributed by atoms with Crippen LogP contribution in [0.4, 0.5) is 14.4 Å². The van der Waals surface area contributed by atoms with Gasteiger partial charge in [0.25, 0.3) is 0 Å². The summed E-state index contributed by atoms with van der Waals surface area (Å²) in [6, 6.07) is 25.3. The average Bonchev–Trinajstić information content (AvgIpc) is 3.11. The summed E-state index contributed by atoms with van der Waals surface area (Å²) in [7, 11) is 0. The van der Waals surface area contributed by atoms with Crippen LogP contribution in [0.25, 0.3) is 0 Å². The predicted octanol–water partition coefficient (Wildman–Crippen LogP) is 5.52. The molecule has 13 heteroatoms. The Hall–Kier alpha value is -5.59. The molecule has 3 aromatic rings. The lowest BCUT2D eigenvalue weighted by Gasteiger charge is -2.25. The highest BCUT2D eigenvalue weighted by molar-refractivity contribution is 5.89. The van der Waals surface area contributed by atoms with Gasteiger partial charge in [0.2, 0.25) is 5.91 Å². The number of esters is 1. The lowest BCUT2D eigenvalue weighted by atomic mass is 10.1. The molecular formula is C38H48N4O9. The van der Waals surface area contributed by atoms with E-state index >= 15 is 0 Å². The largest absolute Gasteiger partial charge is 0.459 e. The molecule has 51 heavy (non-hydrogen) atoms. The third-order valence-corrected chi connectivity index (χ3v) is 7.14. The smallest absolute Gasteiger partial charge is 0.408 e. The number of nitrogens with one attached hydrogen (secondary N) is 4. The van der Waals surface area contributed by atoms with Gasteiger partial charge in [0.1, 0.15) is 37.5 Å². The van der Waals surface area contributed by atoms with E-state index in [9.17, 15) is 24.0 Å². The monoisotopic (exact) mass is 704 g/mol. The zero-order chi connectivity index (χ0) is 36.9. The molecule has 2 atom stereocenters. The van der Waals surface area contributed by atoms with Crippen molar-refractivity contribution >= 4 is 30.2 Å². The van der Waals surface area contributed by atoms with E-state index in [1.165, 1.54) is 0 Å². The van der Waals surface area contributed by atoms with E-state index in [4.69, 9.17) is 18.9 Å². The number of alkyl carbamates (subject to hydrolysis) is 3. The molecule has 13 nitrogen and oxygen atoms in total.